The lowest BCUT2D eigenvalue weighted by Gasteiger charge is -2.18. The van der Waals surface area contributed by atoms with Crippen LogP contribution in [0.15, 0.2) is 54.9 Å². The lowest BCUT2D eigenvalue weighted by atomic mass is 10.2. The molecule has 0 aliphatic rings. The average Bonchev–Trinajstić information content (AvgIpc) is 2.83. The van der Waals surface area contributed by atoms with E-state index < -0.39 is 0 Å². The first-order valence-corrected chi connectivity index (χ1v) is 5.57. The van der Waals surface area contributed by atoms with Crippen molar-refractivity contribution in [3.8, 4) is 0 Å². The van der Waals surface area contributed by atoms with E-state index in [-0.39, 0.29) is 0 Å². The Hall–Kier alpha value is -2.29. The zero-order valence-corrected chi connectivity index (χ0v) is 9.59. The first kappa shape index (κ1) is 9.90. The number of rotatable bonds is 2. The summed E-state index contributed by atoms with van der Waals surface area (Å²) in [7, 11) is 2.06. The number of fused-ring (bicyclic) bond motifs is 1. The smallest absolute Gasteiger partial charge is 0.139 e. The van der Waals surface area contributed by atoms with Gasteiger partial charge in [0.25, 0.3) is 0 Å². The highest BCUT2D eigenvalue weighted by Gasteiger charge is 2.09. The second kappa shape index (κ2) is 3.94. The van der Waals surface area contributed by atoms with Gasteiger partial charge in [-0.3, -0.25) is 0 Å². The van der Waals surface area contributed by atoms with Crippen LogP contribution in [-0.4, -0.2) is 17.0 Å². The Morgan fingerprint density at radius 2 is 1.88 bits per heavy atom. The van der Waals surface area contributed by atoms with E-state index in [2.05, 4.69) is 40.1 Å². The first-order valence-electron chi connectivity index (χ1n) is 5.57. The predicted octanol–water partition coefficient (Wildman–Crippen LogP) is 3.33. The second-order valence-electron chi connectivity index (χ2n) is 3.97. The highest BCUT2D eigenvalue weighted by molar-refractivity contribution is 5.92. The monoisotopic (exact) mass is 223 g/mol. The van der Waals surface area contributed by atoms with Crippen LogP contribution >= 0.6 is 0 Å². The molecule has 0 saturated heterocycles. The number of aromatic amines is 1. The third-order valence-electron chi connectivity index (χ3n) is 2.93. The minimum absolute atomic E-state index is 0.922. The summed E-state index contributed by atoms with van der Waals surface area (Å²) in [6, 6.07) is 14.3. The predicted molar refractivity (Wildman–Crippen MR) is 70.6 cm³/mol. The van der Waals surface area contributed by atoms with Gasteiger partial charge < -0.3 is 9.88 Å². The zero-order chi connectivity index (χ0) is 11.7. The van der Waals surface area contributed by atoms with Crippen LogP contribution in [0.5, 0.6) is 0 Å². The molecule has 0 spiro atoms. The molecule has 0 bridgehead atoms. The van der Waals surface area contributed by atoms with Crippen molar-refractivity contribution >= 4 is 22.4 Å². The van der Waals surface area contributed by atoms with Gasteiger partial charge in [-0.25, -0.2) is 4.98 Å². The van der Waals surface area contributed by atoms with Crippen molar-refractivity contribution in [3.05, 3.63) is 54.9 Å². The molecule has 2 aromatic heterocycles. The number of para-hydroxylation sites is 1. The number of nitrogens with one attached hydrogen (secondary N) is 1. The molecule has 3 aromatic rings. The summed E-state index contributed by atoms with van der Waals surface area (Å²) in [5, 5.41) is 1.14. The molecule has 1 N–H and O–H groups in total. The molecular formula is C14H13N3. The molecule has 0 radical (unpaired) electrons. The van der Waals surface area contributed by atoms with Crippen LogP contribution in [0.2, 0.25) is 0 Å². The minimum atomic E-state index is 0.922. The van der Waals surface area contributed by atoms with E-state index in [4.69, 9.17) is 0 Å². The average molecular weight is 223 g/mol. The molecule has 0 amide bonds. The third kappa shape index (κ3) is 1.65. The maximum Gasteiger partial charge on any atom is 0.139 e. The molecule has 3 nitrogen and oxygen atoms in total. The van der Waals surface area contributed by atoms with Gasteiger partial charge in [0.1, 0.15) is 5.65 Å². The molecule has 17 heavy (non-hydrogen) atoms. The summed E-state index contributed by atoms with van der Waals surface area (Å²) >= 11 is 0. The summed E-state index contributed by atoms with van der Waals surface area (Å²) in [5.41, 5.74) is 3.22. The summed E-state index contributed by atoms with van der Waals surface area (Å²) < 4.78 is 0. The minimum Gasteiger partial charge on any atom is -0.344 e. The molecule has 2 heterocycles. The first-order chi connectivity index (χ1) is 8.36. The van der Waals surface area contributed by atoms with Gasteiger partial charge in [-0.15, -0.1) is 0 Å². The van der Waals surface area contributed by atoms with E-state index in [1.807, 2.05) is 30.5 Å². The maximum absolute atomic E-state index is 4.30. The van der Waals surface area contributed by atoms with Gasteiger partial charge in [-0.2, -0.15) is 0 Å². The Morgan fingerprint density at radius 1 is 1.06 bits per heavy atom. The van der Waals surface area contributed by atoms with Crippen LogP contribution in [0.3, 0.4) is 0 Å². The van der Waals surface area contributed by atoms with Crippen molar-refractivity contribution in [2.45, 2.75) is 0 Å². The Balaban J connectivity index is 2.10. The Bertz CT molecular complexity index is 628. The molecule has 3 rings (SSSR count). The van der Waals surface area contributed by atoms with Crippen LogP contribution in [0.1, 0.15) is 0 Å². The fourth-order valence-electron chi connectivity index (χ4n) is 2.01. The summed E-state index contributed by atoms with van der Waals surface area (Å²) in [6.07, 6.45) is 3.79. The van der Waals surface area contributed by atoms with Crippen LogP contribution < -0.4 is 4.90 Å². The van der Waals surface area contributed by atoms with Crippen LogP contribution in [-0.2, 0) is 0 Å². The van der Waals surface area contributed by atoms with E-state index in [0.29, 0.717) is 0 Å². The SMILES string of the molecule is CN(c1ccccc1)c1c[nH]c2ncccc12. The molecule has 3 heteroatoms. The number of anilines is 2. The Kier molecular flexibility index (Phi) is 2.29. The summed E-state index contributed by atoms with van der Waals surface area (Å²) in [6.45, 7) is 0. The van der Waals surface area contributed by atoms with Crippen molar-refractivity contribution < 1.29 is 0 Å². The van der Waals surface area contributed by atoms with E-state index >= 15 is 0 Å². The fraction of sp³-hybridized carbons (Fsp3) is 0.0714. The lowest BCUT2D eigenvalue weighted by molar-refractivity contribution is 1.22. The van der Waals surface area contributed by atoms with Gasteiger partial charge in [0.2, 0.25) is 0 Å². The second-order valence-corrected chi connectivity index (χ2v) is 3.97. The molecule has 0 atom stereocenters. The highest BCUT2D eigenvalue weighted by Crippen LogP contribution is 2.29. The summed E-state index contributed by atoms with van der Waals surface area (Å²) in [5.74, 6) is 0. The van der Waals surface area contributed by atoms with Gasteiger partial charge >= 0.3 is 0 Å². The largest absolute Gasteiger partial charge is 0.344 e. The zero-order valence-electron chi connectivity index (χ0n) is 9.59. The van der Waals surface area contributed by atoms with Crippen LogP contribution in [0.4, 0.5) is 11.4 Å². The fourth-order valence-corrected chi connectivity index (χ4v) is 2.01. The molecule has 0 unspecified atom stereocenters. The lowest BCUT2D eigenvalue weighted by Crippen LogP contribution is -2.08. The molecule has 84 valence electrons. The normalized spacial score (nSPS) is 10.6. The molecule has 0 aliphatic heterocycles. The van der Waals surface area contributed by atoms with E-state index in [0.717, 1.165) is 22.4 Å². The van der Waals surface area contributed by atoms with E-state index in [9.17, 15) is 0 Å². The standard InChI is InChI=1S/C14H13N3/c1-17(11-6-3-2-4-7-11)13-10-16-14-12(13)8-5-9-15-14/h2-10H,1H3,(H,15,16). The number of aromatic nitrogens is 2. The van der Waals surface area contributed by atoms with Gasteiger partial charge in [0.05, 0.1) is 5.69 Å². The number of nitrogens with zero attached hydrogens (tertiary/aromatic N) is 2. The van der Waals surface area contributed by atoms with Gasteiger partial charge in [0.15, 0.2) is 0 Å². The Labute approximate surface area is 99.7 Å². The van der Waals surface area contributed by atoms with Gasteiger partial charge in [-0.1, -0.05) is 18.2 Å². The maximum atomic E-state index is 4.30. The Morgan fingerprint density at radius 3 is 2.71 bits per heavy atom. The van der Waals surface area contributed by atoms with Crippen molar-refractivity contribution in [1.29, 1.82) is 0 Å². The quantitative estimate of drug-likeness (QED) is 0.722. The van der Waals surface area contributed by atoms with Gasteiger partial charge in [-0.05, 0) is 24.3 Å². The number of hydrogen-bond donors (Lipinski definition) is 1. The van der Waals surface area contributed by atoms with Crippen LogP contribution in [0.25, 0.3) is 11.0 Å². The number of H-pyrrole nitrogens is 1. The van der Waals surface area contributed by atoms with Crippen molar-refractivity contribution in [1.82, 2.24) is 9.97 Å². The highest BCUT2D eigenvalue weighted by atomic mass is 15.1. The van der Waals surface area contributed by atoms with E-state index in [1.165, 1.54) is 0 Å². The topological polar surface area (TPSA) is 31.9 Å². The van der Waals surface area contributed by atoms with Crippen molar-refractivity contribution in [2.24, 2.45) is 0 Å². The van der Waals surface area contributed by atoms with Crippen molar-refractivity contribution in [3.63, 3.8) is 0 Å². The third-order valence-corrected chi connectivity index (χ3v) is 2.93. The van der Waals surface area contributed by atoms with Crippen LogP contribution in [0, 0.1) is 0 Å². The van der Waals surface area contributed by atoms with Crippen molar-refractivity contribution in [2.75, 3.05) is 11.9 Å². The molecule has 0 saturated carbocycles. The molecule has 1 aromatic carbocycles. The molecule has 0 aliphatic carbocycles. The van der Waals surface area contributed by atoms with E-state index in [1.54, 1.807) is 6.20 Å². The molecular weight excluding hydrogens is 210 g/mol. The molecule has 0 fully saturated rings. The van der Waals surface area contributed by atoms with Gasteiger partial charge in [0, 0.05) is 30.5 Å². The number of pyridine rings is 1. The number of hydrogen-bond acceptors (Lipinski definition) is 2. The summed E-state index contributed by atoms with van der Waals surface area (Å²) in [4.78, 5) is 9.64. The number of benzene rings is 1.